The van der Waals surface area contributed by atoms with Gasteiger partial charge in [-0.05, 0) is 48.9 Å². The highest BCUT2D eigenvalue weighted by Gasteiger charge is 2.39. The van der Waals surface area contributed by atoms with Gasteiger partial charge < -0.3 is 5.32 Å². The molecule has 112 valence electrons. The molecule has 1 aliphatic carbocycles. The van der Waals surface area contributed by atoms with E-state index in [9.17, 15) is 0 Å². The molecule has 0 aromatic heterocycles. The summed E-state index contributed by atoms with van der Waals surface area (Å²) < 4.78 is 0. The molecule has 0 unspecified atom stereocenters. The molecule has 1 aliphatic heterocycles. The molecule has 1 nitrogen and oxygen atoms in total. The minimum Gasteiger partial charge on any atom is -0.377 e. The predicted molar refractivity (Wildman–Crippen MR) is 93.7 cm³/mol. The minimum absolute atomic E-state index is 0.280. The van der Waals surface area contributed by atoms with Crippen molar-refractivity contribution in [3.63, 3.8) is 0 Å². The maximum atomic E-state index is 6.48. The Hall–Kier alpha value is -1.73. The van der Waals surface area contributed by atoms with Gasteiger partial charge in [0, 0.05) is 16.6 Å². The van der Waals surface area contributed by atoms with Crippen LogP contribution in [0.5, 0.6) is 0 Å². The fourth-order valence-corrected chi connectivity index (χ4v) is 4.36. The Balaban J connectivity index is 1.86. The van der Waals surface area contributed by atoms with Gasteiger partial charge in [-0.1, -0.05) is 59.6 Å². The molecule has 0 bridgehead atoms. The van der Waals surface area contributed by atoms with Gasteiger partial charge >= 0.3 is 0 Å². The van der Waals surface area contributed by atoms with Gasteiger partial charge in [0.2, 0.25) is 0 Å². The largest absolute Gasteiger partial charge is 0.377 e. The van der Waals surface area contributed by atoms with E-state index in [4.69, 9.17) is 11.6 Å². The van der Waals surface area contributed by atoms with Crippen molar-refractivity contribution in [2.24, 2.45) is 5.92 Å². The van der Waals surface area contributed by atoms with Gasteiger partial charge in [0.15, 0.2) is 0 Å². The second-order valence-corrected chi connectivity index (χ2v) is 6.95. The average molecular weight is 310 g/mol. The van der Waals surface area contributed by atoms with Gasteiger partial charge in [-0.3, -0.25) is 0 Å². The molecule has 1 heterocycles. The van der Waals surface area contributed by atoms with Crippen molar-refractivity contribution in [1.29, 1.82) is 0 Å². The second-order valence-electron chi connectivity index (χ2n) is 6.54. The summed E-state index contributed by atoms with van der Waals surface area (Å²) >= 11 is 6.48. The van der Waals surface area contributed by atoms with E-state index >= 15 is 0 Å². The number of nitrogens with one attached hydrogen (secondary N) is 1. The molecule has 2 aromatic carbocycles. The van der Waals surface area contributed by atoms with Crippen LogP contribution in [-0.2, 0) is 0 Å². The molecule has 3 atom stereocenters. The van der Waals surface area contributed by atoms with Gasteiger partial charge in [0.25, 0.3) is 0 Å². The summed E-state index contributed by atoms with van der Waals surface area (Å²) in [6.45, 7) is 4.38. The summed E-state index contributed by atoms with van der Waals surface area (Å²) in [4.78, 5) is 0. The number of fused-ring (bicyclic) bond motifs is 3. The van der Waals surface area contributed by atoms with Gasteiger partial charge in [-0.15, -0.1) is 0 Å². The van der Waals surface area contributed by atoms with Crippen LogP contribution in [0.1, 0.15) is 40.6 Å². The summed E-state index contributed by atoms with van der Waals surface area (Å²) in [6, 6.07) is 13.1. The first-order valence-electron chi connectivity index (χ1n) is 7.94. The molecule has 2 heteroatoms. The highest BCUT2D eigenvalue weighted by atomic mass is 35.5. The van der Waals surface area contributed by atoms with Gasteiger partial charge in [0.1, 0.15) is 0 Å². The fourth-order valence-electron chi connectivity index (χ4n) is 4.11. The summed E-state index contributed by atoms with van der Waals surface area (Å²) in [5.41, 5.74) is 6.62. The quantitative estimate of drug-likeness (QED) is 0.658. The van der Waals surface area contributed by atoms with Crippen LogP contribution in [0, 0.1) is 19.8 Å². The Morgan fingerprint density at radius 1 is 1.09 bits per heavy atom. The van der Waals surface area contributed by atoms with Crippen molar-refractivity contribution in [3.05, 3.63) is 75.8 Å². The van der Waals surface area contributed by atoms with Crippen LogP contribution >= 0.6 is 11.6 Å². The Morgan fingerprint density at radius 3 is 2.73 bits per heavy atom. The van der Waals surface area contributed by atoms with E-state index in [1.54, 1.807) is 0 Å². The third kappa shape index (κ3) is 2.07. The molecular weight excluding hydrogens is 290 g/mol. The first-order valence-corrected chi connectivity index (χ1v) is 8.31. The Kier molecular flexibility index (Phi) is 3.27. The number of halogens is 1. The molecule has 0 saturated heterocycles. The first-order chi connectivity index (χ1) is 10.6. The third-order valence-electron chi connectivity index (χ3n) is 5.05. The summed E-state index contributed by atoms with van der Waals surface area (Å²) in [5.74, 6) is 1.05. The number of benzene rings is 2. The summed E-state index contributed by atoms with van der Waals surface area (Å²) in [6.07, 6.45) is 5.82. The highest BCUT2D eigenvalue weighted by molar-refractivity contribution is 6.31. The number of allylic oxidation sites excluding steroid dienone is 2. The van der Waals surface area contributed by atoms with E-state index in [0.29, 0.717) is 11.8 Å². The zero-order valence-electron chi connectivity index (χ0n) is 12.9. The number of hydrogen-bond donors (Lipinski definition) is 1. The molecule has 0 saturated carbocycles. The molecule has 22 heavy (non-hydrogen) atoms. The van der Waals surface area contributed by atoms with E-state index in [1.165, 1.54) is 27.9 Å². The van der Waals surface area contributed by atoms with Crippen molar-refractivity contribution in [1.82, 2.24) is 0 Å². The predicted octanol–water partition coefficient (Wildman–Crippen LogP) is 5.78. The normalized spacial score (nSPS) is 25.5. The van der Waals surface area contributed by atoms with Gasteiger partial charge in [-0.2, -0.15) is 0 Å². The number of anilines is 1. The van der Waals surface area contributed by atoms with E-state index in [0.717, 1.165) is 11.4 Å². The van der Waals surface area contributed by atoms with E-state index in [-0.39, 0.29) is 6.04 Å². The Morgan fingerprint density at radius 2 is 1.91 bits per heavy atom. The number of aryl methyl sites for hydroxylation is 2. The second kappa shape index (κ2) is 5.17. The lowest BCUT2D eigenvalue weighted by atomic mass is 9.76. The monoisotopic (exact) mass is 309 g/mol. The van der Waals surface area contributed by atoms with Crippen molar-refractivity contribution in [2.75, 3.05) is 5.32 Å². The van der Waals surface area contributed by atoms with E-state index < -0.39 is 0 Å². The maximum Gasteiger partial charge on any atom is 0.0568 e. The minimum atomic E-state index is 0.280. The molecular formula is C20H20ClN. The molecule has 2 aliphatic rings. The highest BCUT2D eigenvalue weighted by Crippen LogP contribution is 2.51. The number of rotatable bonds is 1. The van der Waals surface area contributed by atoms with Crippen LogP contribution in [0.4, 0.5) is 5.69 Å². The SMILES string of the molecule is Cc1cc(C)c2c(c1)[C@@H]1C=CC[C@@H]1[C@@H](c1ccccc1Cl)N2. The molecule has 0 radical (unpaired) electrons. The summed E-state index contributed by atoms with van der Waals surface area (Å²) in [7, 11) is 0. The lowest BCUT2D eigenvalue weighted by molar-refractivity contribution is 0.425. The zero-order valence-corrected chi connectivity index (χ0v) is 13.7. The molecule has 4 rings (SSSR count). The molecule has 2 aromatic rings. The molecule has 0 fully saturated rings. The zero-order chi connectivity index (χ0) is 15.3. The van der Waals surface area contributed by atoms with Crippen LogP contribution in [0.15, 0.2) is 48.6 Å². The van der Waals surface area contributed by atoms with Gasteiger partial charge in [0.05, 0.1) is 6.04 Å². The first kappa shape index (κ1) is 13.9. The summed E-state index contributed by atoms with van der Waals surface area (Å²) in [5, 5.41) is 4.66. The molecule has 0 spiro atoms. The third-order valence-corrected chi connectivity index (χ3v) is 5.39. The van der Waals surface area contributed by atoms with E-state index in [2.05, 4.69) is 55.6 Å². The lowest BCUT2D eigenvalue weighted by Gasteiger charge is -2.39. The van der Waals surface area contributed by atoms with Crippen molar-refractivity contribution in [2.45, 2.75) is 32.2 Å². The standard InChI is InChI=1S/C20H20ClN/c1-12-10-13(2)19-17(11-12)14-7-5-8-15(14)20(22-19)16-6-3-4-9-18(16)21/h3-7,9-11,14-15,20,22H,8H2,1-2H3/t14-,15+,20+/m1/s1. The van der Waals surface area contributed by atoms with Crippen molar-refractivity contribution >= 4 is 17.3 Å². The van der Waals surface area contributed by atoms with Gasteiger partial charge in [-0.25, -0.2) is 0 Å². The average Bonchev–Trinajstić information content (AvgIpc) is 2.97. The maximum absolute atomic E-state index is 6.48. The Labute approximate surface area is 137 Å². The van der Waals surface area contributed by atoms with Crippen LogP contribution in [0.25, 0.3) is 0 Å². The van der Waals surface area contributed by atoms with Crippen LogP contribution in [0.2, 0.25) is 5.02 Å². The number of hydrogen-bond acceptors (Lipinski definition) is 1. The van der Waals surface area contributed by atoms with Crippen molar-refractivity contribution in [3.8, 4) is 0 Å². The smallest absolute Gasteiger partial charge is 0.0568 e. The van der Waals surface area contributed by atoms with Crippen LogP contribution < -0.4 is 5.32 Å². The van der Waals surface area contributed by atoms with Crippen LogP contribution in [0.3, 0.4) is 0 Å². The Bertz CT molecular complexity index is 762. The fraction of sp³-hybridized carbons (Fsp3) is 0.300. The van der Waals surface area contributed by atoms with Crippen molar-refractivity contribution < 1.29 is 0 Å². The van der Waals surface area contributed by atoms with E-state index in [1.807, 2.05) is 12.1 Å². The lowest BCUT2D eigenvalue weighted by Crippen LogP contribution is -2.29. The molecule has 1 N–H and O–H groups in total. The topological polar surface area (TPSA) is 12.0 Å². The molecule has 0 amide bonds. The van der Waals surface area contributed by atoms with Crippen LogP contribution in [-0.4, -0.2) is 0 Å².